The first-order valence-corrected chi connectivity index (χ1v) is 10.3. The number of benzene rings is 1. The van der Waals surface area contributed by atoms with Gasteiger partial charge in [-0.2, -0.15) is 4.57 Å². The van der Waals surface area contributed by atoms with E-state index in [0.29, 0.717) is 24.3 Å². The van der Waals surface area contributed by atoms with Gasteiger partial charge in [-0.1, -0.05) is 25.1 Å². The zero-order valence-corrected chi connectivity index (χ0v) is 18.1. The lowest BCUT2D eigenvalue weighted by molar-refractivity contribution is -0.577. The van der Waals surface area contributed by atoms with E-state index in [4.69, 9.17) is 0 Å². The van der Waals surface area contributed by atoms with Crippen molar-refractivity contribution in [1.82, 2.24) is 14.7 Å². The summed E-state index contributed by atoms with van der Waals surface area (Å²) < 4.78 is 3.06. The summed E-state index contributed by atoms with van der Waals surface area (Å²) in [7, 11) is 0. The Morgan fingerprint density at radius 3 is 2.29 bits per heavy atom. The SMILES string of the molecule is CCCN1C(=O)C(c2c(C)[nH]n(-c3ccccc3)c2=O)=C([n+]2ccc(C)c(C)c2)C1=O. The molecule has 0 saturated heterocycles. The number of H-pyrrole nitrogens is 1. The Morgan fingerprint density at radius 1 is 0.935 bits per heavy atom. The van der Waals surface area contributed by atoms with E-state index in [9.17, 15) is 14.4 Å². The first kappa shape index (κ1) is 20.5. The summed E-state index contributed by atoms with van der Waals surface area (Å²) in [6.45, 7) is 7.87. The molecule has 0 aliphatic carbocycles. The number of rotatable bonds is 5. The van der Waals surface area contributed by atoms with Gasteiger partial charge in [0.25, 0.3) is 17.2 Å². The summed E-state index contributed by atoms with van der Waals surface area (Å²) in [5.41, 5.74) is 3.46. The van der Waals surface area contributed by atoms with Crippen LogP contribution in [0, 0.1) is 20.8 Å². The van der Waals surface area contributed by atoms with Gasteiger partial charge in [-0.3, -0.25) is 24.4 Å². The third-order valence-corrected chi connectivity index (χ3v) is 5.62. The van der Waals surface area contributed by atoms with Crippen molar-refractivity contribution in [2.24, 2.45) is 0 Å². The Bertz CT molecular complexity index is 1280. The van der Waals surface area contributed by atoms with E-state index in [2.05, 4.69) is 5.10 Å². The summed E-state index contributed by atoms with van der Waals surface area (Å²) in [5.74, 6) is -0.826. The summed E-state index contributed by atoms with van der Waals surface area (Å²) >= 11 is 0. The third-order valence-electron chi connectivity index (χ3n) is 5.62. The summed E-state index contributed by atoms with van der Waals surface area (Å²) in [4.78, 5) is 41.3. The molecule has 1 aromatic carbocycles. The molecule has 1 N–H and O–H groups in total. The lowest BCUT2D eigenvalue weighted by Crippen LogP contribution is -2.40. The van der Waals surface area contributed by atoms with Gasteiger partial charge in [0.2, 0.25) is 0 Å². The van der Waals surface area contributed by atoms with Gasteiger partial charge in [-0.05, 0) is 44.9 Å². The van der Waals surface area contributed by atoms with Gasteiger partial charge in [0.15, 0.2) is 12.4 Å². The normalized spacial score (nSPS) is 14.1. The van der Waals surface area contributed by atoms with Crippen molar-refractivity contribution in [3.8, 4) is 5.69 Å². The molecule has 3 heterocycles. The molecule has 0 spiro atoms. The zero-order chi connectivity index (χ0) is 22.3. The summed E-state index contributed by atoms with van der Waals surface area (Å²) in [6.07, 6.45) is 4.22. The highest BCUT2D eigenvalue weighted by Crippen LogP contribution is 2.30. The van der Waals surface area contributed by atoms with E-state index in [1.54, 1.807) is 29.8 Å². The summed E-state index contributed by atoms with van der Waals surface area (Å²) in [5, 5.41) is 3.06. The standard InChI is InChI=1S/C24H24N4O3/c1-5-12-27-22(29)20(21(24(27)31)26-13-11-15(2)16(3)14-26)19-17(4)25-28(23(19)30)18-9-7-6-8-10-18/h6-11,13-14H,5,12H2,1-4H3/p+1. The van der Waals surface area contributed by atoms with E-state index in [1.807, 2.05) is 51.2 Å². The van der Waals surface area contributed by atoms with Crippen LogP contribution in [0.25, 0.3) is 17.0 Å². The van der Waals surface area contributed by atoms with Crippen LogP contribution >= 0.6 is 0 Å². The molecule has 0 saturated carbocycles. The number of imide groups is 1. The molecule has 1 aliphatic heterocycles. The topological polar surface area (TPSA) is 79.1 Å². The highest BCUT2D eigenvalue weighted by atomic mass is 16.2. The quantitative estimate of drug-likeness (QED) is 0.512. The predicted octanol–water partition coefficient (Wildman–Crippen LogP) is 2.53. The van der Waals surface area contributed by atoms with Crippen molar-refractivity contribution in [3.05, 3.63) is 81.5 Å². The molecular formula is C24H25N4O3+. The molecule has 7 heteroatoms. The van der Waals surface area contributed by atoms with Gasteiger partial charge >= 0.3 is 5.91 Å². The van der Waals surface area contributed by atoms with Crippen LogP contribution in [0.1, 0.15) is 35.7 Å². The number of aryl methyl sites for hydroxylation is 3. The van der Waals surface area contributed by atoms with E-state index in [-0.39, 0.29) is 28.3 Å². The number of carbonyl (C=O) groups excluding carboxylic acids is 2. The maximum absolute atomic E-state index is 13.4. The van der Waals surface area contributed by atoms with Crippen LogP contribution in [-0.4, -0.2) is 33.0 Å². The number of aromatic nitrogens is 3. The Labute approximate surface area is 180 Å². The van der Waals surface area contributed by atoms with Crippen LogP contribution in [0.15, 0.2) is 53.6 Å². The maximum atomic E-state index is 13.4. The molecule has 1 aliphatic rings. The first-order valence-electron chi connectivity index (χ1n) is 10.3. The lowest BCUT2D eigenvalue weighted by atomic mass is 10.1. The number of carbonyl (C=O) groups is 2. The number of pyridine rings is 1. The highest BCUT2D eigenvalue weighted by molar-refractivity contribution is 6.44. The largest absolute Gasteiger partial charge is 0.326 e. The number of nitrogens with one attached hydrogen (secondary N) is 1. The van der Waals surface area contributed by atoms with Crippen molar-refractivity contribution in [2.45, 2.75) is 34.1 Å². The van der Waals surface area contributed by atoms with E-state index in [0.717, 1.165) is 11.1 Å². The smallest absolute Gasteiger partial charge is 0.295 e. The molecule has 31 heavy (non-hydrogen) atoms. The number of aromatic amines is 1. The number of nitrogens with zero attached hydrogens (tertiary/aromatic N) is 3. The van der Waals surface area contributed by atoms with Crippen molar-refractivity contribution >= 4 is 23.1 Å². The zero-order valence-electron chi connectivity index (χ0n) is 18.1. The number of hydrogen-bond donors (Lipinski definition) is 1. The molecule has 7 nitrogen and oxygen atoms in total. The number of para-hydroxylation sites is 1. The Morgan fingerprint density at radius 2 is 1.65 bits per heavy atom. The Balaban J connectivity index is 1.99. The average Bonchev–Trinajstić information content (AvgIpc) is 3.18. The van der Waals surface area contributed by atoms with Crippen molar-refractivity contribution in [3.63, 3.8) is 0 Å². The number of amides is 2. The molecular weight excluding hydrogens is 392 g/mol. The van der Waals surface area contributed by atoms with Crippen LogP contribution in [0.4, 0.5) is 0 Å². The minimum atomic E-state index is -0.438. The second-order valence-corrected chi connectivity index (χ2v) is 7.79. The molecule has 0 bridgehead atoms. The lowest BCUT2D eigenvalue weighted by Gasteiger charge is -2.11. The molecule has 0 atom stereocenters. The Kier molecular flexibility index (Phi) is 5.19. The van der Waals surface area contributed by atoms with E-state index < -0.39 is 5.91 Å². The second-order valence-electron chi connectivity index (χ2n) is 7.79. The molecule has 3 aromatic rings. The monoisotopic (exact) mass is 417 g/mol. The van der Waals surface area contributed by atoms with Gasteiger partial charge in [-0.25, -0.2) is 4.68 Å². The van der Waals surface area contributed by atoms with Gasteiger partial charge in [-0.15, -0.1) is 0 Å². The predicted molar refractivity (Wildman–Crippen MR) is 117 cm³/mol. The highest BCUT2D eigenvalue weighted by Gasteiger charge is 2.46. The van der Waals surface area contributed by atoms with Crippen molar-refractivity contribution in [1.29, 1.82) is 0 Å². The maximum Gasteiger partial charge on any atom is 0.326 e. The van der Waals surface area contributed by atoms with Crippen LogP contribution in [0.2, 0.25) is 0 Å². The van der Waals surface area contributed by atoms with Gasteiger partial charge in [0.1, 0.15) is 5.57 Å². The second kappa shape index (κ2) is 7.83. The van der Waals surface area contributed by atoms with Gasteiger partial charge in [0, 0.05) is 23.9 Å². The van der Waals surface area contributed by atoms with Gasteiger partial charge in [0.05, 0.1) is 11.3 Å². The van der Waals surface area contributed by atoms with Crippen LogP contribution in [-0.2, 0) is 9.59 Å². The molecule has 4 rings (SSSR count). The van der Waals surface area contributed by atoms with Crippen molar-refractivity contribution < 1.29 is 14.2 Å². The van der Waals surface area contributed by atoms with E-state index >= 15 is 0 Å². The fraction of sp³-hybridized carbons (Fsp3) is 0.250. The Hall–Kier alpha value is -3.74. The third kappa shape index (κ3) is 3.32. The average molecular weight is 417 g/mol. The van der Waals surface area contributed by atoms with Crippen LogP contribution in [0.3, 0.4) is 0 Å². The van der Waals surface area contributed by atoms with Crippen LogP contribution < -0.4 is 10.1 Å². The minimum absolute atomic E-state index is 0.139. The molecule has 2 aromatic heterocycles. The molecule has 0 fully saturated rings. The summed E-state index contributed by atoms with van der Waals surface area (Å²) in [6, 6.07) is 11.0. The molecule has 158 valence electrons. The molecule has 0 unspecified atom stereocenters. The van der Waals surface area contributed by atoms with E-state index in [1.165, 1.54) is 9.58 Å². The number of hydrogen-bond acceptors (Lipinski definition) is 3. The molecule has 0 radical (unpaired) electrons. The van der Waals surface area contributed by atoms with Crippen LogP contribution in [0.5, 0.6) is 0 Å². The van der Waals surface area contributed by atoms with Gasteiger partial charge < -0.3 is 0 Å². The molecule has 2 amide bonds. The minimum Gasteiger partial charge on any atom is -0.295 e. The first-order chi connectivity index (χ1) is 14.8. The fourth-order valence-electron chi connectivity index (χ4n) is 3.87. The van der Waals surface area contributed by atoms with Crippen molar-refractivity contribution in [2.75, 3.05) is 6.54 Å². The fourth-order valence-corrected chi connectivity index (χ4v) is 3.87.